The number of para-hydroxylation sites is 1. The predicted octanol–water partition coefficient (Wildman–Crippen LogP) is 3.52. The van der Waals surface area contributed by atoms with E-state index >= 15 is 0 Å². The van der Waals surface area contributed by atoms with Gasteiger partial charge in [-0.25, -0.2) is 9.69 Å². The molecule has 0 aromatic heterocycles. The number of carbonyl (C=O) groups is 3. The maximum Gasteiger partial charge on any atom is 0.334 e. The summed E-state index contributed by atoms with van der Waals surface area (Å²) in [7, 11) is 0. The standard InChI is InChI=1S/C23H21NO4/c1-3-28-23(27)18-13-17-20(19(18)15-11-9-14(2)10-12-15)22(26)24(21(17)25)16-7-5-4-6-8-16/h4-12,17,20H,3,13H2,1-2H3/t17-,20-/m0/s1. The number of hydrogen-bond acceptors (Lipinski definition) is 4. The van der Waals surface area contributed by atoms with E-state index in [1.54, 1.807) is 31.2 Å². The molecule has 1 fully saturated rings. The molecule has 0 N–H and O–H groups in total. The van der Waals surface area contributed by atoms with Crippen molar-refractivity contribution in [2.45, 2.75) is 20.3 Å². The number of carbonyl (C=O) groups excluding carboxylic acids is 3. The van der Waals surface area contributed by atoms with Crippen molar-refractivity contribution in [1.29, 1.82) is 0 Å². The van der Waals surface area contributed by atoms with Crippen molar-refractivity contribution in [1.82, 2.24) is 0 Å². The summed E-state index contributed by atoms with van der Waals surface area (Å²) in [5, 5.41) is 0. The molecule has 5 heteroatoms. The van der Waals surface area contributed by atoms with Crippen LogP contribution in [-0.2, 0) is 19.1 Å². The van der Waals surface area contributed by atoms with Gasteiger partial charge in [0, 0.05) is 5.57 Å². The molecule has 0 bridgehead atoms. The third-order valence-corrected chi connectivity index (χ3v) is 5.39. The zero-order valence-corrected chi connectivity index (χ0v) is 15.8. The van der Waals surface area contributed by atoms with E-state index < -0.39 is 17.8 Å². The molecular formula is C23H21NO4. The number of amides is 2. The zero-order chi connectivity index (χ0) is 19.8. The molecule has 2 amide bonds. The number of aryl methyl sites for hydroxylation is 1. The molecule has 28 heavy (non-hydrogen) atoms. The molecule has 2 atom stereocenters. The first-order chi connectivity index (χ1) is 13.5. The van der Waals surface area contributed by atoms with Crippen LogP contribution in [0.2, 0.25) is 0 Å². The molecule has 2 aromatic rings. The van der Waals surface area contributed by atoms with Gasteiger partial charge in [0.2, 0.25) is 11.8 Å². The van der Waals surface area contributed by atoms with Gasteiger partial charge < -0.3 is 4.74 Å². The number of ether oxygens (including phenoxy) is 1. The van der Waals surface area contributed by atoms with E-state index in [-0.39, 0.29) is 24.8 Å². The van der Waals surface area contributed by atoms with Crippen LogP contribution in [0.3, 0.4) is 0 Å². The van der Waals surface area contributed by atoms with E-state index in [4.69, 9.17) is 4.74 Å². The number of imide groups is 1. The Balaban J connectivity index is 1.81. The molecule has 0 unspecified atom stereocenters. The van der Waals surface area contributed by atoms with E-state index in [0.717, 1.165) is 11.1 Å². The fourth-order valence-corrected chi connectivity index (χ4v) is 4.11. The lowest BCUT2D eigenvalue weighted by Gasteiger charge is -2.18. The normalized spacial score (nSPS) is 21.3. The Morgan fingerprint density at radius 2 is 1.71 bits per heavy atom. The van der Waals surface area contributed by atoms with Crippen molar-refractivity contribution in [3.63, 3.8) is 0 Å². The van der Waals surface area contributed by atoms with E-state index in [1.165, 1.54) is 4.90 Å². The Morgan fingerprint density at radius 1 is 1.04 bits per heavy atom. The van der Waals surface area contributed by atoms with E-state index in [0.29, 0.717) is 16.8 Å². The van der Waals surface area contributed by atoms with Crippen molar-refractivity contribution in [3.8, 4) is 0 Å². The van der Waals surface area contributed by atoms with Crippen molar-refractivity contribution in [3.05, 3.63) is 71.3 Å². The molecule has 5 nitrogen and oxygen atoms in total. The third-order valence-electron chi connectivity index (χ3n) is 5.39. The van der Waals surface area contributed by atoms with Crippen LogP contribution in [0, 0.1) is 18.8 Å². The highest BCUT2D eigenvalue weighted by Gasteiger charge is 2.55. The fourth-order valence-electron chi connectivity index (χ4n) is 4.11. The number of rotatable bonds is 4. The second-order valence-electron chi connectivity index (χ2n) is 7.11. The topological polar surface area (TPSA) is 63.7 Å². The lowest BCUT2D eigenvalue weighted by molar-refractivity contribution is -0.138. The van der Waals surface area contributed by atoms with Crippen LogP contribution in [0.5, 0.6) is 0 Å². The molecule has 0 spiro atoms. The van der Waals surface area contributed by atoms with Crippen molar-refractivity contribution < 1.29 is 19.1 Å². The molecule has 0 saturated carbocycles. The van der Waals surface area contributed by atoms with Crippen LogP contribution in [0.15, 0.2) is 60.2 Å². The summed E-state index contributed by atoms with van der Waals surface area (Å²) in [6.45, 7) is 3.97. The first kappa shape index (κ1) is 18.2. The molecule has 4 rings (SSSR count). The van der Waals surface area contributed by atoms with Crippen LogP contribution in [0.4, 0.5) is 5.69 Å². The maximum atomic E-state index is 13.3. The largest absolute Gasteiger partial charge is 0.463 e. The number of anilines is 1. The number of nitrogens with zero attached hydrogens (tertiary/aromatic N) is 1. The Hall–Kier alpha value is -3.21. The zero-order valence-electron chi connectivity index (χ0n) is 15.8. The number of benzene rings is 2. The van der Waals surface area contributed by atoms with Gasteiger partial charge in [0.25, 0.3) is 0 Å². The molecule has 2 aliphatic rings. The number of esters is 1. The molecule has 2 aromatic carbocycles. The van der Waals surface area contributed by atoms with Gasteiger partial charge in [0.05, 0.1) is 24.1 Å². The third kappa shape index (κ3) is 2.83. The lowest BCUT2D eigenvalue weighted by Crippen LogP contribution is -2.32. The SMILES string of the molecule is CCOC(=O)C1=C(c2ccc(C)cc2)[C@H]2C(=O)N(c3ccccc3)C(=O)[C@H]2C1. The second-order valence-corrected chi connectivity index (χ2v) is 7.11. The van der Waals surface area contributed by atoms with E-state index in [2.05, 4.69) is 0 Å². The summed E-state index contributed by atoms with van der Waals surface area (Å²) in [5.41, 5.74) is 3.50. The maximum absolute atomic E-state index is 13.3. The van der Waals surface area contributed by atoms with Gasteiger partial charge in [-0.1, -0.05) is 48.0 Å². The van der Waals surface area contributed by atoms with Crippen LogP contribution < -0.4 is 4.90 Å². The summed E-state index contributed by atoms with van der Waals surface area (Å²) >= 11 is 0. The summed E-state index contributed by atoms with van der Waals surface area (Å²) in [4.78, 5) is 40.2. The second kappa shape index (κ2) is 7.08. The molecule has 1 aliphatic carbocycles. The minimum absolute atomic E-state index is 0.223. The highest BCUT2D eigenvalue weighted by atomic mass is 16.5. The average Bonchev–Trinajstić information content (AvgIpc) is 3.20. The van der Waals surface area contributed by atoms with E-state index in [9.17, 15) is 14.4 Å². The Kier molecular flexibility index (Phi) is 4.59. The summed E-state index contributed by atoms with van der Waals surface area (Å²) < 4.78 is 5.22. The highest BCUT2D eigenvalue weighted by Crippen LogP contribution is 2.49. The number of hydrogen-bond donors (Lipinski definition) is 0. The van der Waals surface area contributed by atoms with Gasteiger partial charge in [-0.15, -0.1) is 0 Å². The van der Waals surface area contributed by atoms with Crippen molar-refractivity contribution in [2.24, 2.45) is 11.8 Å². The Labute approximate surface area is 163 Å². The van der Waals surface area contributed by atoms with Crippen molar-refractivity contribution in [2.75, 3.05) is 11.5 Å². The molecule has 1 heterocycles. The van der Waals surface area contributed by atoms with Gasteiger partial charge >= 0.3 is 5.97 Å². The quantitative estimate of drug-likeness (QED) is 0.606. The van der Waals surface area contributed by atoms with Crippen LogP contribution in [0.1, 0.15) is 24.5 Å². The van der Waals surface area contributed by atoms with Crippen LogP contribution >= 0.6 is 0 Å². The molecule has 1 saturated heterocycles. The van der Waals surface area contributed by atoms with Gasteiger partial charge in [-0.2, -0.15) is 0 Å². The van der Waals surface area contributed by atoms with E-state index in [1.807, 2.05) is 37.3 Å². The van der Waals surface area contributed by atoms with Crippen LogP contribution in [0.25, 0.3) is 5.57 Å². The minimum Gasteiger partial charge on any atom is -0.463 e. The first-order valence-corrected chi connectivity index (χ1v) is 9.43. The predicted molar refractivity (Wildman–Crippen MR) is 105 cm³/mol. The summed E-state index contributed by atoms with van der Waals surface area (Å²) in [5.74, 6) is -2.21. The molecule has 0 radical (unpaired) electrons. The Morgan fingerprint density at radius 3 is 2.36 bits per heavy atom. The van der Waals surface area contributed by atoms with Crippen LogP contribution in [-0.4, -0.2) is 24.4 Å². The number of fused-ring (bicyclic) bond motifs is 1. The smallest absolute Gasteiger partial charge is 0.334 e. The Bertz CT molecular complexity index is 975. The summed E-state index contributed by atoms with van der Waals surface area (Å²) in [6, 6.07) is 16.6. The lowest BCUT2D eigenvalue weighted by atomic mass is 9.89. The average molecular weight is 375 g/mol. The molecular weight excluding hydrogens is 354 g/mol. The van der Waals surface area contributed by atoms with Gasteiger partial charge in [0.15, 0.2) is 0 Å². The van der Waals surface area contributed by atoms with Gasteiger partial charge in [-0.3, -0.25) is 9.59 Å². The fraction of sp³-hybridized carbons (Fsp3) is 0.261. The molecule has 142 valence electrons. The van der Waals surface area contributed by atoms with Gasteiger partial charge in [-0.05, 0) is 43.5 Å². The first-order valence-electron chi connectivity index (χ1n) is 9.43. The highest BCUT2D eigenvalue weighted by molar-refractivity contribution is 6.27. The summed E-state index contributed by atoms with van der Waals surface area (Å²) in [6.07, 6.45) is 0.223. The minimum atomic E-state index is -0.658. The van der Waals surface area contributed by atoms with Gasteiger partial charge in [0.1, 0.15) is 0 Å². The molecule has 1 aliphatic heterocycles. The monoisotopic (exact) mass is 375 g/mol. The van der Waals surface area contributed by atoms with Crippen molar-refractivity contribution >= 4 is 29.0 Å².